The van der Waals surface area contributed by atoms with Crippen molar-refractivity contribution in [3.63, 3.8) is 0 Å². The van der Waals surface area contributed by atoms with E-state index in [1.165, 1.54) is 28.0 Å². The SMILES string of the molecule is CCn1c(SCC(=O)Nc2sc3c(c2C#N)CCCC3)nnc1-c1ccc(Cl)cc1Cl. The average molecular weight is 492 g/mol. The number of rotatable bonds is 6. The van der Waals surface area contributed by atoms with Gasteiger partial charge in [0.25, 0.3) is 0 Å². The molecule has 160 valence electrons. The lowest BCUT2D eigenvalue weighted by Crippen LogP contribution is -2.14. The van der Waals surface area contributed by atoms with Gasteiger partial charge in [0, 0.05) is 22.0 Å². The number of nitriles is 1. The third-order valence-corrected chi connectivity index (χ3v) is 7.80. The number of fused-ring (bicyclic) bond motifs is 1. The van der Waals surface area contributed by atoms with E-state index in [-0.39, 0.29) is 11.7 Å². The molecule has 2 aromatic heterocycles. The zero-order valence-electron chi connectivity index (χ0n) is 16.7. The molecule has 1 aromatic carbocycles. The molecule has 1 N–H and O–H groups in total. The van der Waals surface area contributed by atoms with Crippen molar-refractivity contribution in [1.29, 1.82) is 5.26 Å². The van der Waals surface area contributed by atoms with E-state index in [1.54, 1.807) is 12.1 Å². The number of carbonyl (C=O) groups is 1. The maximum absolute atomic E-state index is 12.6. The lowest BCUT2D eigenvalue weighted by Gasteiger charge is -2.09. The van der Waals surface area contributed by atoms with Crippen LogP contribution in [-0.4, -0.2) is 26.4 Å². The van der Waals surface area contributed by atoms with Crippen LogP contribution in [0.3, 0.4) is 0 Å². The van der Waals surface area contributed by atoms with Crippen LogP contribution in [-0.2, 0) is 24.2 Å². The minimum atomic E-state index is -0.170. The van der Waals surface area contributed by atoms with E-state index >= 15 is 0 Å². The predicted octanol–water partition coefficient (Wildman–Crippen LogP) is 5.81. The van der Waals surface area contributed by atoms with E-state index in [0.29, 0.717) is 38.1 Å². The summed E-state index contributed by atoms with van der Waals surface area (Å²) in [4.78, 5) is 13.8. The molecule has 0 saturated heterocycles. The fourth-order valence-corrected chi connectivity index (χ4v) is 6.17. The number of thioether (sulfide) groups is 1. The highest BCUT2D eigenvalue weighted by Gasteiger charge is 2.22. The van der Waals surface area contributed by atoms with Gasteiger partial charge in [0.15, 0.2) is 11.0 Å². The number of halogens is 2. The number of hydrogen-bond donors (Lipinski definition) is 1. The number of aromatic nitrogens is 3. The van der Waals surface area contributed by atoms with Gasteiger partial charge in [0.2, 0.25) is 5.91 Å². The second kappa shape index (κ2) is 9.61. The molecule has 4 rings (SSSR count). The summed E-state index contributed by atoms with van der Waals surface area (Å²) in [5, 5.41) is 23.3. The maximum atomic E-state index is 12.6. The molecule has 0 radical (unpaired) electrons. The molecule has 31 heavy (non-hydrogen) atoms. The van der Waals surface area contributed by atoms with Crippen LogP contribution >= 0.6 is 46.3 Å². The second-order valence-corrected chi connectivity index (χ2v) is 9.93. The number of benzene rings is 1. The van der Waals surface area contributed by atoms with Crippen molar-refractivity contribution in [2.24, 2.45) is 0 Å². The minimum Gasteiger partial charge on any atom is -0.316 e. The van der Waals surface area contributed by atoms with Crippen LogP contribution in [0.1, 0.15) is 35.8 Å². The van der Waals surface area contributed by atoms with Crippen LogP contribution in [0.2, 0.25) is 10.0 Å². The van der Waals surface area contributed by atoms with Gasteiger partial charge in [0.1, 0.15) is 11.1 Å². The molecule has 0 atom stereocenters. The van der Waals surface area contributed by atoms with Gasteiger partial charge >= 0.3 is 0 Å². The highest BCUT2D eigenvalue weighted by atomic mass is 35.5. The van der Waals surface area contributed by atoms with E-state index in [9.17, 15) is 10.1 Å². The van der Waals surface area contributed by atoms with Crippen molar-refractivity contribution >= 4 is 57.2 Å². The van der Waals surface area contributed by atoms with Gasteiger partial charge in [0.05, 0.1) is 16.3 Å². The van der Waals surface area contributed by atoms with Gasteiger partial charge in [-0.3, -0.25) is 4.79 Å². The molecule has 1 amide bonds. The highest BCUT2D eigenvalue weighted by molar-refractivity contribution is 7.99. The fourth-order valence-electron chi connectivity index (χ4n) is 3.62. The lowest BCUT2D eigenvalue weighted by atomic mass is 9.96. The Bertz CT molecular complexity index is 1180. The molecule has 6 nitrogen and oxygen atoms in total. The number of aryl methyl sites for hydroxylation is 1. The number of thiophene rings is 1. The Morgan fingerprint density at radius 1 is 1.32 bits per heavy atom. The number of nitrogens with one attached hydrogen (secondary N) is 1. The highest BCUT2D eigenvalue weighted by Crippen LogP contribution is 2.38. The Morgan fingerprint density at radius 3 is 2.87 bits per heavy atom. The van der Waals surface area contributed by atoms with E-state index in [4.69, 9.17) is 23.2 Å². The molecule has 0 saturated carbocycles. The summed E-state index contributed by atoms with van der Waals surface area (Å²) in [5.74, 6) is 0.626. The van der Waals surface area contributed by atoms with Crippen molar-refractivity contribution < 1.29 is 4.79 Å². The maximum Gasteiger partial charge on any atom is 0.235 e. The number of nitrogens with zero attached hydrogens (tertiary/aromatic N) is 4. The average Bonchev–Trinajstić information content (AvgIpc) is 3.32. The first kappa shape index (κ1) is 22.2. The largest absolute Gasteiger partial charge is 0.316 e. The normalized spacial score (nSPS) is 13.0. The Kier molecular flexibility index (Phi) is 6.87. The van der Waals surface area contributed by atoms with Gasteiger partial charge < -0.3 is 9.88 Å². The van der Waals surface area contributed by atoms with Crippen molar-refractivity contribution in [3.8, 4) is 17.5 Å². The first-order chi connectivity index (χ1) is 15.0. The Hall–Kier alpha value is -2.05. The monoisotopic (exact) mass is 491 g/mol. The van der Waals surface area contributed by atoms with Gasteiger partial charge in [-0.1, -0.05) is 35.0 Å². The Morgan fingerprint density at radius 2 is 2.13 bits per heavy atom. The van der Waals surface area contributed by atoms with Gasteiger partial charge in [-0.2, -0.15) is 5.26 Å². The van der Waals surface area contributed by atoms with Crippen LogP contribution in [0.5, 0.6) is 0 Å². The molecule has 0 fully saturated rings. The summed E-state index contributed by atoms with van der Waals surface area (Å²) < 4.78 is 1.91. The molecule has 10 heteroatoms. The first-order valence-corrected chi connectivity index (χ1v) is 12.4. The van der Waals surface area contributed by atoms with Crippen molar-refractivity contribution in [1.82, 2.24) is 14.8 Å². The standard InChI is InChI=1S/C21H19Cl2N5OS2/c1-2-28-19(14-8-7-12(22)9-16(14)23)26-27-21(28)30-11-18(29)25-20-15(10-24)13-5-3-4-6-17(13)31-20/h7-9H,2-6,11H2,1H3,(H,25,29). The van der Waals surface area contributed by atoms with E-state index in [1.807, 2.05) is 17.6 Å². The zero-order chi connectivity index (χ0) is 22.0. The number of amides is 1. The molecule has 0 spiro atoms. The lowest BCUT2D eigenvalue weighted by molar-refractivity contribution is -0.113. The van der Waals surface area contributed by atoms with Crippen molar-refractivity contribution in [2.75, 3.05) is 11.1 Å². The van der Waals surface area contributed by atoms with Gasteiger partial charge in [-0.05, 0) is 56.4 Å². The van der Waals surface area contributed by atoms with Gasteiger partial charge in [-0.25, -0.2) is 0 Å². The van der Waals surface area contributed by atoms with Crippen LogP contribution in [0.4, 0.5) is 5.00 Å². The van der Waals surface area contributed by atoms with E-state index < -0.39 is 0 Å². The van der Waals surface area contributed by atoms with Crippen LogP contribution < -0.4 is 5.32 Å². The molecular formula is C21H19Cl2N5OS2. The summed E-state index contributed by atoms with van der Waals surface area (Å²) in [5.41, 5.74) is 2.46. The first-order valence-electron chi connectivity index (χ1n) is 9.87. The number of carbonyl (C=O) groups excluding carboxylic acids is 1. The Labute approximate surface area is 198 Å². The molecule has 0 aliphatic heterocycles. The third kappa shape index (κ3) is 4.60. The molecule has 2 heterocycles. The molecule has 0 bridgehead atoms. The quantitative estimate of drug-likeness (QED) is 0.439. The molecule has 3 aromatic rings. The van der Waals surface area contributed by atoms with E-state index in [2.05, 4.69) is 21.6 Å². The Balaban J connectivity index is 1.48. The second-order valence-electron chi connectivity index (χ2n) is 7.04. The van der Waals surface area contributed by atoms with Crippen molar-refractivity contribution in [3.05, 3.63) is 44.2 Å². The van der Waals surface area contributed by atoms with Gasteiger partial charge in [-0.15, -0.1) is 21.5 Å². The molecule has 0 unspecified atom stereocenters. The smallest absolute Gasteiger partial charge is 0.235 e. The summed E-state index contributed by atoms with van der Waals surface area (Å²) >= 11 is 15.2. The fraction of sp³-hybridized carbons (Fsp3) is 0.333. The summed E-state index contributed by atoms with van der Waals surface area (Å²) in [6.07, 6.45) is 4.12. The van der Waals surface area contributed by atoms with Crippen LogP contribution in [0, 0.1) is 11.3 Å². The number of hydrogen-bond acceptors (Lipinski definition) is 6. The van der Waals surface area contributed by atoms with Crippen LogP contribution in [0.25, 0.3) is 11.4 Å². The summed E-state index contributed by atoms with van der Waals surface area (Å²) in [7, 11) is 0. The van der Waals surface area contributed by atoms with Crippen LogP contribution in [0.15, 0.2) is 23.4 Å². The molecular weight excluding hydrogens is 473 g/mol. The van der Waals surface area contributed by atoms with E-state index in [0.717, 1.165) is 36.8 Å². The molecule has 1 aliphatic carbocycles. The predicted molar refractivity (Wildman–Crippen MR) is 126 cm³/mol. The topological polar surface area (TPSA) is 83.6 Å². The third-order valence-electron chi connectivity index (χ3n) is 5.07. The summed E-state index contributed by atoms with van der Waals surface area (Å²) in [6.45, 7) is 2.61. The zero-order valence-corrected chi connectivity index (χ0v) is 19.9. The number of anilines is 1. The minimum absolute atomic E-state index is 0.167. The molecule has 1 aliphatic rings. The summed E-state index contributed by atoms with van der Waals surface area (Å²) in [6, 6.07) is 7.50. The van der Waals surface area contributed by atoms with Crippen molar-refractivity contribution in [2.45, 2.75) is 44.3 Å².